The first-order valence-electron chi connectivity index (χ1n) is 7.92. The average Bonchev–Trinajstić information content (AvgIpc) is 3.03. The highest BCUT2D eigenvalue weighted by Crippen LogP contribution is 2.14. The molecule has 122 valence electrons. The second-order valence-corrected chi connectivity index (χ2v) is 6.78. The molecule has 5 nitrogen and oxygen atoms in total. The number of carbonyl (C=O) groups is 1. The number of nitrogens with one attached hydrogen (secondary N) is 1. The topological polar surface area (TPSA) is 48.5 Å². The van der Waals surface area contributed by atoms with E-state index in [9.17, 15) is 4.79 Å². The van der Waals surface area contributed by atoms with Crippen molar-refractivity contribution >= 4 is 23.1 Å². The Kier molecular flexibility index (Phi) is 5.25. The summed E-state index contributed by atoms with van der Waals surface area (Å²) in [6, 6.07) is 7.82. The number of hydrogen-bond donors (Lipinski definition) is 1. The lowest BCUT2D eigenvalue weighted by Gasteiger charge is -2.21. The lowest BCUT2D eigenvalue weighted by atomic mass is 10.2. The summed E-state index contributed by atoms with van der Waals surface area (Å²) in [6.45, 7) is 4.78. The Labute approximate surface area is 140 Å². The molecule has 2 aromatic rings. The fourth-order valence-electron chi connectivity index (χ4n) is 2.66. The van der Waals surface area contributed by atoms with Gasteiger partial charge in [-0.3, -0.25) is 4.79 Å². The number of rotatable bonds is 4. The first-order chi connectivity index (χ1) is 11.2. The van der Waals surface area contributed by atoms with Crippen LogP contribution in [0.3, 0.4) is 0 Å². The molecule has 2 aromatic heterocycles. The maximum absolute atomic E-state index is 11.9. The number of thiophene rings is 1. The third kappa shape index (κ3) is 4.30. The van der Waals surface area contributed by atoms with Gasteiger partial charge in [0.15, 0.2) is 0 Å². The molecule has 1 amide bonds. The van der Waals surface area contributed by atoms with E-state index >= 15 is 0 Å². The number of likely N-dealkylation sites (N-methyl/N-ethyl adjacent to an activating group) is 1. The molecular formula is C17H22N4OS. The highest BCUT2D eigenvalue weighted by atomic mass is 32.1. The van der Waals surface area contributed by atoms with Gasteiger partial charge >= 0.3 is 0 Å². The van der Waals surface area contributed by atoms with Gasteiger partial charge < -0.3 is 15.1 Å². The molecule has 3 rings (SSSR count). The number of anilines is 1. The van der Waals surface area contributed by atoms with Crippen LogP contribution in [0.1, 0.15) is 21.7 Å². The van der Waals surface area contributed by atoms with Crippen molar-refractivity contribution in [2.45, 2.75) is 13.0 Å². The molecule has 1 saturated heterocycles. The van der Waals surface area contributed by atoms with Crippen molar-refractivity contribution in [3.63, 3.8) is 0 Å². The Bertz CT molecular complexity index is 627. The van der Waals surface area contributed by atoms with Crippen LogP contribution in [-0.2, 0) is 6.54 Å². The van der Waals surface area contributed by atoms with Gasteiger partial charge in [0.2, 0.25) is 0 Å². The van der Waals surface area contributed by atoms with Crippen molar-refractivity contribution in [2.24, 2.45) is 0 Å². The van der Waals surface area contributed by atoms with Crippen molar-refractivity contribution < 1.29 is 4.79 Å². The van der Waals surface area contributed by atoms with Crippen molar-refractivity contribution in [2.75, 3.05) is 38.1 Å². The van der Waals surface area contributed by atoms with Crippen LogP contribution in [0.25, 0.3) is 0 Å². The van der Waals surface area contributed by atoms with E-state index in [1.807, 2.05) is 29.8 Å². The summed E-state index contributed by atoms with van der Waals surface area (Å²) in [7, 11) is 2.16. The fraction of sp³-hybridized carbons (Fsp3) is 0.412. The minimum absolute atomic E-state index is 0.0281. The molecule has 23 heavy (non-hydrogen) atoms. The maximum atomic E-state index is 11.9. The molecule has 1 aliphatic heterocycles. The van der Waals surface area contributed by atoms with E-state index in [0.29, 0.717) is 6.54 Å². The maximum Gasteiger partial charge on any atom is 0.261 e. The summed E-state index contributed by atoms with van der Waals surface area (Å²) in [6.07, 6.45) is 3.02. The van der Waals surface area contributed by atoms with E-state index in [-0.39, 0.29) is 5.91 Å². The SMILES string of the molecule is CN1CCCN(c2ccc(CNC(=O)c3cccs3)cn2)CC1. The molecule has 0 spiro atoms. The number of carbonyl (C=O) groups excluding carboxylic acids is 1. The third-order valence-electron chi connectivity index (χ3n) is 4.05. The standard InChI is InChI=1S/C17H22N4OS/c1-20-7-3-8-21(10-9-20)16-6-5-14(12-18-16)13-19-17(22)15-4-2-11-23-15/h2,4-6,11-12H,3,7-10,13H2,1H3,(H,19,22). The molecular weight excluding hydrogens is 308 g/mol. The predicted molar refractivity (Wildman–Crippen MR) is 94.1 cm³/mol. The highest BCUT2D eigenvalue weighted by Gasteiger charge is 2.13. The van der Waals surface area contributed by atoms with E-state index in [1.54, 1.807) is 0 Å². The van der Waals surface area contributed by atoms with Crippen LogP contribution in [0.5, 0.6) is 0 Å². The van der Waals surface area contributed by atoms with Crippen LogP contribution in [-0.4, -0.2) is 49.0 Å². The van der Waals surface area contributed by atoms with Crippen LogP contribution >= 0.6 is 11.3 Å². The van der Waals surface area contributed by atoms with Crippen LogP contribution in [0.4, 0.5) is 5.82 Å². The van der Waals surface area contributed by atoms with Crippen molar-refractivity contribution in [3.8, 4) is 0 Å². The van der Waals surface area contributed by atoms with E-state index in [4.69, 9.17) is 0 Å². The fourth-order valence-corrected chi connectivity index (χ4v) is 3.30. The summed E-state index contributed by atoms with van der Waals surface area (Å²) in [4.78, 5) is 21.9. The molecule has 1 fully saturated rings. The highest BCUT2D eigenvalue weighted by molar-refractivity contribution is 7.12. The molecule has 0 unspecified atom stereocenters. The van der Waals surface area contributed by atoms with Crippen LogP contribution < -0.4 is 10.2 Å². The first-order valence-corrected chi connectivity index (χ1v) is 8.80. The Balaban J connectivity index is 1.55. The predicted octanol–water partition coefficient (Wildman–Crippen LogP) is 2.21. The number of nitrogens with zero attached hydrogens (tertiary/aromatic N) is 3. The van der Waals surface area contributed by atoms with Crippen LogP contribution in [0.2, 0.25) is 0 Å². The van der Waals surface area contributed by atoms with Gasteiger partial charge in [0, 0.05) is 32.4 Å². The quantitative estimate of drug-likeness (QED) is 0.934. The Hall–Kier alpha value is -1.92. The normalized spacial score (nSPS) is 16.1. The monoisotopic (exact) mass is 330 g/mol. The number of aromatic nitrogens is 1. The van der Waals surface area contributed by atoms with Crippen LogP contribution in [0, 0.1) is 0 Å². The van der Waals surface area contributed by atoms with Gasteiger partial charge in [0.25, 0.3) is 5.91 Å². The Morgan fingerprint density at radius 1 is 1.26 bits per heavy atom. The third-order valence-corrected chi connectivity index (χ3v) is 4.92. The van der Waals surface area contributed by atoms with Crippen molar-refractivity contribution in [1.29, 1.82) is 0 Å². The smallest absolute Gasteiger partial charge is 0.261 e. The second-order valence-electron chi connectivity index (χ2n) is 5.83. The molecule has 1 aliphatic rings. The van der Waals surface area contributed by atoms with Gasteiger partial charge in [-0.25, -0.2) is 4.98 Å². The van der Waals surface area contributed by atoms with Crippen molar-refractivity contribution in [3.05, 3.63) is 46.3 Å². The zero-order valence-corrected chi connectivity index (χ0v) is 14.2. The molecule has 0 aliphatic carbocycles. The minimum Gasteiger partial charge on any atom is -0.355 e. The summed E-state index contributed by atoms with van der Waals surface area (Å²) < 4.78 is 0. The summed E-state index contributed by atoms with van der Waals surface area (Å²) in [5.41, 5.74) is 1.02. The molecule has 0 bridgehead atoms. The summed E-state index contributed by atoms with van der Waals surface area (Å²) >= 11 is 1.45. The molecule has 0 atom stereocenters. The molecule has 3 heterocycles. The molecule has 1 N–H and O–H groups in total. The number of amides is 1. The number of hydrogen-bond acceptors (Lipinski definition) is 5. The van der Waals surface area contributed by atoms with Gasteiger partial charge in [-0.2, -0.15) is 0 Å². The van der Waals surface area contributed by atoms with Gasteiger partial charge in [0.05, 0.1) is 4.88 Å². The van der Waals surface area contributed by atoms with Gasteiger partial charge in [-0.15, -0.1) is 11.3 Å². The minimum atomic E-state index is -0.0281. The average molecular weight is 330 g/mol. The Morgan fingerprint density at radius 3 is 2.91 bits per heavy atom. The van der Waals surface area contributed by atoms with E-state index in [1.165, 1.54) is 11.3 Å². The summed E-state index contributed by atoms with van der Waals surface area (Å²) in [5.74, 6) is 0.994. The molecule has 0 saturated carbocycles. The van der Waals surface area contributed by atoms with Gasteiger partial charge in [-0.05, 0) is 43.1 Å². The summed E-state index contributed by atoms with van der Waals surface area (Å²) in [5, 5.41) is 4.83. The Morgan fingerprint density at radius 2 is 2.17 bits per heavy atom. The lowest BCUT2D eigenvalue weighted by Crippen LogP contribution is -2.29. The van der Waals surface area contributed by atoms with E-state index in [2.05, 4.69) is 33.2 Å². The zero-order chi connectivity index (χ0) is 16.1. The first kappa shape index (κ1) is 16.0. The molecule has 0 aromatic carbocycles. The van der Waals surface area contributed by atoms with Crippen LogP contribution in [0.15, 0.2) is 35.8 Å². The lowest BCUT2D eigenvalue weighted by molar-refractivity contribution is 0.0955. The second kappa shape index (κ2) is 7.57. The van der Waals surface area contributed by atoms with Gasteiger partial charge in [-0.1, -0.05) is 12.1 Å². The molecule has 6 heteroatoms. The zero-order valence-electron chi connectivity index (χ0n) is 13.4. The van der Waals surface area contributed by atoms with E-state index < -0.39 is 0 Å². The molecule has 0 radical (unpaired) electrons. The van der Waals surface area contributed by atoms with E-state index in [0.717, 1.165) is 48.9 Å². The van der Waals surface area contributed by atoms with Crippen molar-refractivity contribution in [1.82, 2.24) is 15.2 Å². The number of pyridine rings is 1. The van der Waals surface area contributed by atoms with Gasteiger partial charge in [0.1, 0.15) is 5.82 Å². The largest absolute Gasteiger partial charge is 0.355 e.